The highest BCUT2D eigenvalue weighted by atomic mass is 19.2. The van der Waals surface area contributed by atoms with Crippen molar-refractivity contribution in [3.63, 3.8) is 0 Å². The molecule has 0 aliphatic rings. The van der Waals surface area contributed by atoms with Gasteiger partial charge in [-0.2, -0.15) is 5.10 Å². The molecule has 0 amide bonds. The number of nitrogens with two attached hydrogens (primary N) is 1. The molecular weight excluding hydrogens is 268 g/mol. The van der Waals surface area contributed by atoms with Gasteiger partial charge in [-0.3, -0.25) is 9.48 Å². The van der Waals surface area contributed by atoms with Crippen molar-refractivity contribution in [2.75, 3.05) is 12.3 Å². The lowest BCUT2D eigenvalue weighted by Gasteiger charge is -2.03. The Morgan fingerprint density at radius 1 is 1.40 bits per heavy atom. The van der Waals surface area contributed by atoms with E-state index in [1.165, 1.54) is 29.2 Å². The second kappa shape index (κ2) is 5.68. The van der Waals surface area contributed by atoms with E-state index in [9.17, 15) is 13.6 Å². The average Bonchev–Trinajstić information content (AvgIpc) is 2.84. The predicted molar refractivity (Wildman–Crippen MR) is 68.6 cm³/mol. The van der Waals surface area contributed by atoms with Crippen LogP contribution in [0, 0.1) is 11.6 Å². The number of nitrogen functional groups attached to an aromatic ring is 1. The van der Waals surface area contributed by atoms with Gasteiger partial charge in [0.05, 0.1) is 18.5 Å². The zero-order valence-corrected chi connectivity index (χ0v) is 10.8. The van der Waals surface area contributed by atoms with Gasteiger partial charge < -0.3 is 10.5 Å². The summed E-state index contributed by atoms with van der Waals surface area (Å²) in [7, 11) is 0. The van der Waals surface area contributed by atoms with E-state index >= 15 is 0 Å². The van der Waals surface area contributed by atoms with Crippen LogP contribution in [-0.2, 0) is 16.1 Å². The molecule has 7 heteroatoms. The first kappa shape index (κ1) is 14.0. The average molecular weight is 281 g/mol. The number of esters is 1. The molecule has 2 rings (SSSR count). The van der Waals surface area contributed by atoms with E-state index in [1.54, 1.807) is 6.92 Å². The fourth-order valence-corrected chi connectivity index (χ4v) is 1.72. The molecule has 1 heterocycles. The molecular formula is C13H13F2N3O2. The largest absolute Gasteiger partial charge is 0.465 e. The number of anilines is 1. The van der Waals surface area contributed by atoms with Gasteiger partial charge in [0.1, 0.15) is 6.54 Å². The molecule has 0 aliphatic carbocycles. The zero-order valence-electron chi connectivity index (χ0n) is 10.8. The minimum Gasteiger partial charge on any atom is -0.465 e. The highest BCUT2D eigenvalue weighted by Gasteiger charge is 2.15. The lowest BCUT2D eigenvalue weighted by molar-refractivity contribution is -0.144. The molecule has 106 valence electrons. The van der Waals surface area contributed by atoms with E-state index in [4.69, 9.17) is 10.5 Å². The molecule has 2 aromatic rings. The summed E-state index contributed by atoms with van der Waals surface area (Å²) in [4.78, 5) is 11.3. The van der Waals surface area contributed by atoms with Crippen molar-refractivity contribution in [2.24, 2.45) is 0 Å². The molecule has 0 atom stereocenters. The van der Waals surface area contributed by atoms with E-state index in [0.717, 1.165) is 0 Å². The zero-order chi connectivity index (χ0) is 14.7. The molecule has 0 radical (unpaired) electrons. The minimum absolute atomic E-state index is 0.0341. The van der Waals surface area contributed by atoms with Crippen molar-refractivity contribution in [1.82, 2.24) is 9.78 Å². The SMILES string of the molecule is CCOC(=O)Cn1cc(-c2ccc(N)c(F)c2F)cn1. The Bertz CT molecular complexity index is 641. The van der Waals surface area contributed by atoms with Crippen LogP contribution in [0.25, 0.3) is 11.1 Å². The Morgan fingerprint density at radius 3 is 2.85 bits per heavy atom. The van der Waals surface area contributed by atoms with Crippen molar-refractivity contribution in [2.45, 2.75) is 13.5 Å². The van der Waals surface area contributed by atoms with Crippen LogP contribution >= 0.6 is 0 Å². The molecule has 2 N–H and O–H groups in total. The van der Waals surface area contributed by atoms with Crippen molar-refractivity contribution >= 4 is 11.7 Å². The second-order valence-electron chi connectivity index (χ2n) is 4.06. The standard InChI is InChI=1S/C13H13F2N3O2/c1-2-20-11(19)7-18-6-8(5-17-18)9-3-4-10(16)13(15)12(9)14/h3-6H,2,7,16H2,1H3. The van der Waals surface area contributed by atoms with Crippen molar-refractivity contribution in [1.29, 1.82) is 0 Å². The maximum Gasteiger partial charge on any atom is 0.327 e. The van der Waals surface area contributed by atoms with Gasteiger partial charge in [0.25, 0.3) is 0 Å². The first-order valence-electron chi connectivity index (χ1n) is 5.94. The van der Waals surface area contributed by atoms with Crippen LogP contribution in [0.5, 0.6) is 0 Å². The summed E-state index contributed by atoms with van der Waals surface area (Å²) in [6.45, 7) is 1.87. The van der Waals surface area contributed by atoms with E-state index in [1.807, 2.05) is 0 Å². The number of benzene rings is 1. The van der Waals surface area contributed by atoms with Crippen LogP contribution < -0.4 is 5.73 Å². The molecule has 0 fully saturated rings. The smallest absolute Gasteiger partial charge is 0.327 e. The molecule has 0 saturated carbocycles. The predicted octanol–water partition coefficient (Wildman–Crippen LogP) is 1.97. The number of carbonyl (C=O) groups is 1. The second-order valence-corrected chi connectivity index (χ2v) is 4.06. The van der Waals surface area contributed by atoms with Gasteiger partial charge in [-0.05, 0) is 19.1 Å². The monoisotopic (exact) mass is 281 g/mol. The fraction of sp³-hybridized carbons (Fsp3) is 0.231. The van der Waals surface area contributed by atoms with Crippen LogP contribution in [0.15, 0.2) is 24.5 Å². The summed E-state index contributed by atoms with van der Waals surface area (Å²) in [6, 6.07) is 2.63. The Hall–Kier alpha value is -2.44. The van der Waals surface area contributed by atoms with E-state index in [0.29, 0.717) is 5.56 Å². The number of hydrogen-bond acceptors (Lipinski definition) is 4. The van der Waals surface area contributed by atoms with E-state index in [-0.39, 0.29) is 24.4 Å². The third-order valence-electron chi connectivity index (χ3n) is 2.65. The maximum absolute atomic E-state index is 13.8. The summed E-state index contributed by atoms with van der Waals surface area (Å²) in [6.07, 6.45) is 2.78. The summed E-state index contributed by atoms with van der Waals surface area (Å²) in [5.41, 5.74) is 5.40. The Kier molecular flexibility index (Phi) is 3.97. The van der Waals surface area contributed by atoms with Gasteiger partial charge in [-0.15, -0.1) is 0 Å². The van der Waals surface area contributed by atoms with Crippen LogP contribution in [-0.4, -0.2) is 22.4 Å². The van der Waals surface area contributed by atoms with Crippen molar-refractivity contribution in [3.8, 4) is 11.1 Å². The first-order valence-corrected chi connectivity index (χ1v) is 5.94. The number of halogens is 2. The molecule has 0 unspecified atom stereocenters. The van der Waals surface area contributed by atoms with Crippen LogP contribution in [0.4, 0.5) is 14.5 Å². The topological polar surface area (TPSA) is 70.1 Å². The lowest BCUT2D eigenvalue weighted by atomic mass is 10.1. The molecule has 0 bridgehead atoms. The van der Waals surface area contributed by atoms with Crippen LogP contribution in [0.2, 0.25) is 0 Å². The first-order chi connectivity index (χ1) is 9.52. The third kappa shape index (κ3) is 2.76. The molecule has 0 aliphatic heterocycles. The van der Waals surface area contributed by atoms with Gasteiger partial charge in [0.15, 0.2) is 11.6 Å². The number of rotatable bonds is 4. The molecule has 5 nitrogen and oxygen atoms in total. The Balaban J connectivity index is 2.25. The summed E-state index contributed by atoms with van der Waals surface area (Å²) in [5.74, 6) is -2.59. The molecule has 1 aromatic carbocycles. The Labute approximate surface area is 114 Å². The lowest BCUT2D eigenvalue weighted by Crippen LogP contribution is -2.13. The fourth-order valence-electron chi connectivity index (χ4n) is 1.72. The van der Waals surface area contributed by atoms with Crippen molar-refractivity contribution < 1.29 is 18.3 Å². The molecule has 0 saturated heterocycles. The van der Waals surface area contributed by atoms with Crippen LogP contribution in [0.3, 0.4) is 0 Å². The van der Waals surface area contributed by atoms with E-state index < -0.39 is 17.6 Å². The highest BCUT2D eigenvalue weighted by molar-refractivity contribution is 5.70. The highest BCUT2D eigenvalue weighted by Crippen LogP contribution is 2.26. The molecule has 20 heavy (non-hydrogen) atoms. The van der Waals surface area contributed by atoms with E-state index in [2.05, 4.69) is 5.10 Å². The number of nitrogens with zero attached hydrogens (tertiary/aromatic N) is 2. The quantitative estimate of drug-likeness (QED) is 0.687. The number of aromatic nitrogens is 2. The number of hydrogen-bond donors (Lipinski definition) is 1. The molecule has 0 spiro atoms. The van der Waals surface area contributed by atoms with Gasteiger partial charge in [-0.1, -0.05) is 0 Å². The third-order valence-corrected chi connectivity index (χ3v) is 2.65. The van der Waals surface area contributed by atoms with Crippen molar-refractivity contribution in [3.05, 3.63) is 36.2 Å². The maximum atomic E-state index is 13.8. The summed E-state index contributed by atoms with van der Waals surface area (Å²) in [5, 5.41) is 3.90. The minimum atomic E-state index is -1.10. The molecule has 1 aromatic heterocycles. The summed E-state index contributed by atoms with van der Waals surface area (Å²) < 4.78 is 33.2. The normalized spacial score (nSPS) is 10.6. The van der Waals surface area contributed by atoms with Gasteiger partial charge in [0, 0.05) is 17.3 Å². The van der Waals surface area contributed by atoms with Gasteiger partial charge in [0.2, 0.25) is 0 Å². The van der Waals surface area contributed by atoms with Gasteiger partial charge in [-0.25, -0.2) is 8.78 Å². The number of ether oxygens (including phenoxy) is 1. The summed E-state index contributed by atoms with van der Waals surface area (Å²) >= 11 is 0. The van der Waals surface area contributed by atoms with Gasteiger partial charge >= 0.3 is 5.97 Å². The Morgan fingerprint density at radius 2 is 2.15 bits per heavy atom. The van der Waals surface area contributed by atoms with Crippen LogP contribution in [0.1, 0.15) is 6.92 Å². The number of carbonyl (C=O) groups excluding carboxylic acids is 1.